The van der Waals surface area contributed by atoms with E-state index < -0.39 is 0 Å². The van der Waals surface area contributed by atoms with Crippen LogP contribution in [0.25, 0.3) is 11.3 Å². The maximum atomic E-state index is 4.69. The first-order valence-corrected chi connectivity index (χ1v) is 13.4. The minimum Gasteiger partial charge on any atom is -0.347 e. The van der Waals surface area contributed by atoms with E-state index in [2.05, 4.69) is 114 Å². The minimum absolute atomic E-state index is 0.324. The molecule has 3 aromatic carbocycles. The van der Waals surface area contributed by atoms with Crippen molar-refractivity contribution in [1.82, 2.24) is 19.8 Å². The van der Waals surface area contributed by atoms with Crippen LogP contribution in [0.5, 0.6) is 0 Å². The van der Waals surface area contributed by atoms with Crippen molar-refractivity contribution < 1.29 is 0 Å². The van der Waals surface area contributed by atoms with Gasteiger partial charge in [0.15, 0.2) is 0 Å². The lowest BCUT2D eigenvalue weighted by Gasteiger charge is -2.38. The largest absolute Gasteiger partial charge is 0.347 e. The maximum absolute atomic E-state index is 4.69. The summed E-state index contributed by atoms with van der Waals surface area (Å²) >= 11 is 0. The van der Waals surface area contributed by atoms with Crippen LogP contribution in [-0.4, -0.2) is 52.5 Å². The van der Waals surface area contributed by atoms with Crippen LogP contribution in [0.4, 0.5) is 0 Å². The number of nitrogens with one attached hydrogen (secondary N) is 1. The molecule has 0 amide bonds. The molecule has 1 aliphatic heterocycles. The summed E-state index contributed by atoms with van der Waals surface area (Å²) in [5.41, 5.74) is 7.66. The van der Waals surface area contributed by atoms with Crippen molar-refractivity contribution in [3.05, 3.63) is 114 Å². The predicted molar refractivity (Wildman–Crippen MR) is 149 cm³/mol. The molecule has 0 spiro atoms. The smallest absolute Gasteiger partial charge is 0.0931 e. The Morgan fingerprint density at radius 1 is 0.806 bits per heavy atom. The molecule has 0 bridgehead atoms. The lowest BCUT2D eigenvalue weighted by molar-refractivity contribution is 0.0998. The third-order valence-corrected chi connectivity index (χ3v) is 7.81. The first kappa shape index (κ1) is 24.5. The number of benzene rings is 3. The number of aromatic nitrogens is 2. The van der Waals surface area contributed by atoms with Gasteiger partial charge in [-0.05, 0) is 49.9 Å². The zero-order valence-corrected chi connectivity index (χ0v) is 21.6. The maximum Gasteiger partial charge on any atom is 0.0931 e. The van der Waals surface area contributed by atoms with Gasteiger partial charge in [-0.1, -0.05) is 84.9 Å². The Balaban J connectivity index is 1.16. The van der Waals surface area contributed by atoms with Gasteiger partial charge in [-0.25, -0.2) is 4.98 Å². The van der Waals surface area contributed by atoms with Gasteiger partial charge < -0.3 is 9.88 Å². The summed E-state index contributed by atoms with van der Waals surface area (Å²) in [7, 11) is 0. The van der Waals surface area contributed by atoms with Crippen LogP contribution in [0.2, 0.25) is 0 Å². The van der Waals surface area contributed by atoms with Crippen LogP contribution < -0.4 is 0 Å². The number of H-pyrrole nitrogens is 1. The Morgan fingerprint density at radius 2 is 1.42 bits per heavy atom. The Kier molecular flexibility index (Phi) is 7.95. The topological polar surface area (TPSA) is 35.2 Å². The van der Waals surface area contributed by atoms with E-state index in [1.54, 1.807) is 0 Å². The highest BCUT2D eigenvalue weighted by molar-refractivity contribution is 5.66. The number of imidazole rings is 1. The third kappa shape index (κ3) is 5.61. The van der Waals surface area contributed by atoms with Gasteiger partial charge >= 0.3 is 0 Å². The van der Waals surface area contributed by atoms with Crippen LogP contribution in [0, 0.1) is 6.92 Å². The number of hydrogen-bond acceptors (Lipinski definition) is 3. The molecule has 0 radical (unpaired) electrons. The minimum atomic E-state index is 0.324. The van der Waals surface area contributed by atoms with Crippen molar-refractivity contribution in [2.45, 2.75) is 38.6 Å². The number of aryl methyl sites for hydroxylation is 1. The average molecular weight is 479 g/mol. The fourth-order valence-electron chi connectivity index (χ4n) is 5.65. The van der Waals surface area contributed by atoms with Gasteiger partial charge in [0.25, 0.3) is 0 Å². The van der Waals surface area contributed by atoms with Crippen LogP contribution in [0.15, 0.2) is 91.3 Å². The number of rotatable bonds is 9. The van der Waals surface area contributed by atoms with E-state index in [0.29, 0.717) is 12.0 Å². The SMILES string of the molecule is Cc1ccccc1-c1nc[nH]c1C(C)N1CCN(CCCC(c2ccccc2)c2ccccc2)CC1. The second-order valence-corrected chi connectivity index (χ2v) is 10.0. The van der Waals surface area contributed by atoms with Crippen molar-refractivity contribution >= 4 is 0 Å². The molecule has 4 nitrogen and oxygen atoms in total. The molecule has 1 fully saturated rings. The van der Waals surface area contributed by atoms with Gasteiger partial charge in [0.05, 0.1) is 17.7 Å². The van der Waals surface area contributed by atoms with Crippen LogP contribution in [0.3, 0.4) is 0 Å². The van der Waals surface area contributed by atoms with Crippen molar-refractivity contribution in [1.29, 1.82) is 0 Å². The van der Waals surface area contributed by atoms with E-state index in [4.69, 9.17) is 4.98 Å². The summed E-state index contributed by atoms with van der Waals surface area (Å²) in [6.45, 7) is 10.1. The van der Waals surface area contributed by atoms with E-state index in [9.17, 15) is 0 Å². The fourth-order valence-corrected chi connectivity index (χ4v) is 5.65. The lowest BCUT2D eigenvalue weighted by atomic mass is 9.87. The van der Waals surface area contributed by atoms with Gasteiger partial charge in [0, 0.05) is 43.7 Å². The van der Waals surface area contributed by atoms with E-state index in [-0.39, 0.29) is 0 Å². The summed E-state index contributed by atoms with van der Waals surface area (Å²) in [5.74, 6) is 0.467. The molecule has 1 N–H and O–H groups in total. The molecule has 4 heteroatoms. The Bertz CT molecular complexity index is 1170. The molecule has 2 heterocycles. The number of hydrogen-bond donors (Lipinski definition) is 1. The van der Waals surface area contributed by atoms with Gasteiger partial charge in [0.1, 0.15) is 0 Å². The predicted octanol–water partition coefficient (Wildman–Crippen LogP) is 6.68. The van der Waals surface area contributed by atoms with Gasteiger partial charge in [-0.2, -0.15) is 0 Å². The van der Waals surface area contributed by atoms with E-state index >= 15 is 0 Å². The summed E-state index contributed by atoms with van der Waals surface area (Å²) in [4.78, 5) is 13.4. The summed E-state index contributed by atoms with van der Waals surface area (Å²) in [6, 6.07) is 30.8. The molecule has 1 atom stereocenters. The molecule has 0 aliphatic carbocycles. The highest BCUT2D eigenvalue weighted by atomic mass is 15.3. The van der Waals surface area contributed by atoms with Gasteiger partial charge in [0.2, 0.25) is 0 Å². The molecule has 1 saturated heterocycles. The molecular formula is C32H38N4. The van der Waals surface area contributed by atoms with E-state index in [1.165, 1.54) is 40.8 Å². The lowest BCUT2D eigenvalue weighted by Crippen LogP contribution is -2.47. The first-order valence-electron chi connectivity index (χ1n) is 13.4. The highest BCUT2D eigenvalue weighted by Gasteiger charge is 2.25. The Hall–Kier alpha value is -3.21. The third-order valence-electron chi connectivity index (χ3n) is 7.81. The van der Waals surface area contributed by atoms with Crippen LogP contribution in [0.1, 0.15) is 54.1 Å². The molecule has 5 rings (SSSR count). The van der Waals surface area contributed by atoms with Gasteiger partial charge in [-0.15, -0.1) is 0 Å². The zero-order valence-electron chi connectivity index (χ0n) is 21.6. The quantitative estimate of drug-likeness (QED) is 0.292. The van der Waals surface area contributed by atoms with Crippen molar-refractivity contribution in [3.63, 3.8) is 0 Å². The number of nitrogens with zero attached hydrogens (tertiary/aromatic N) is 3. The highest BCUT2D eigenvalue weighted by Crippen LogP contribution is 2.32. The normalized spacial score (nSPS) is 15.9. The fraction of sp³-hybridized carbons (Fsp3) is 0.344. The molecule has 0 saturated carbocycles. The average Bonchev–Trinajstić information content (AvgIpc) is 3.42. The summed E-state index contributed by atoms with van der Waals surface area (Å²) < 4.78 is 0. The zero-order chi connectivity index (χ0) is 24.7. The van der Waals surface area contributed by atoms with Crippen molar-refractivity contribution in [2.75, 3.05) is 32.7 Å². The molecule has 1 aliphatic rings. The standard InChI is InChI=1S/C32H38N4/c1-25-12-9-10-17-29(25)32-31(33-24-34-32)26(2)36-22-20-35(21-23-36)19-11-18-30(27-13-5-3-6-14-27)28-15-7-4-8-16-28/h3-10,12-17,24,26,30H,11,18-23H2,1-2H3,(H,33,34). The summed E-state index contributed by atoms with van der Waals surface area (Å²) in [6.07, 6.45) is 4.24. The number of piperazine rings is 1. The number of aromatic amines is 1. The first-order chi connectivity index (χ1) is 17.7. The van der Waals surface area contributed by atoms with Crippen LogP contribution in [-0.2, 0) is 0 Å². The monoisotopic (exact) mass is 478 g/mol. The van der Waals surface area contributed by atoms with E-state index in [0.717, 1.165) is 38.4 Å². The molecule has 1 unspecified atom stereocenters. The molecule has 186 valence electrons. The Morgan fingerprint density at radius 3 is 2.06 bits per heavy atom. The Labute approximate surface area is 216 Å². The van der Waals surface area contributed by atoms with E-state index in [1.807, 2.05) is 6.33 Å². The van der Waals surface area contributed by atoms with Crippen molar-refractivity contribution in [3.8, 4) is 11.3 Å². The summed E-state index contributed by atoms with van der Waals surface area (Å²) in [5, 5.41) is 0. The van der Waals surface area contributed by atoms with Gasteiger partial charge in [-0.3, -0.25) is 4.90 Å². The molecule has 4 aromatic rings. The second kappa shape index (κ2) is 11.7. The second-order valence-electron chi connectivity index (χ2n) is 10.0. The van der Waals surface area contributed by atoms with Crippen LogP contribution >= 0.6 is 0 Å². The van der Waals surface area contributed by atoms with Crippen molar-refractivity contribution in [2.24, 2.45) is 0 Å². The molecular weight excluding hydrogens is 440 g/mol. The molecule has 1 aromatic heterocycles. The molecule has 36 heavy (non-hydrogen) atoms.